The van der Waals surface area contributed by atoms with Gasteiger partial charge in [-0.05, 0) is 11.6 Å². The summed E-state index contributed by atoms with van der Waals surface area (Å²) in [5.74, 6) is 0. The van der Waals surface area contributed by atoms with Crippen molar-refractivity contribution in [2.75, 3.05) is 0 Å². The molecular weight excluding hydrogens is 229 g/mol. The monoisotopic (exact) mass is 231 g/mol. The van der Waals surface area contributed by atoms with Gasteiger partial charge in [0.25, 0.3) is 0 Å². The van der Waals surface area contributed by atoms with E-state index in [1.54, 1.807) is 12.4 Å². The van der Waals surface area contributed by atoms with Crippen LogP contribution < -0.4 is 0 Å². The van der Waals surface area contributed by atoms with Gasteiger partial charge in [-0.1, -0.05) is 11.6 Å². The second-order valence-corrected chi connectivity index (χ2v) is 3.77. The van der Waals surface area contributed by atoms with Crippen LogP contribution in [0.3, 0.4) is 0 Å². The summed E-state index contributed by atoms with van der Waals surface area (Å²) < 4.78 is 0. The van der Waals surface area contributed by atoms with Crippen molar-refractivity contribution in [1.82, 2.24) is 15.0 Å². The fourth-order valence-corrected chi connectivity index (χ4v) is 1.94. The Hall–Kier alpha value is -0.710. The third-order valence-electron chi connectivity index (χ3n) is 1.38. The lowest BCUT2D eigenvalue weighted by molar-refractivity contribution is 1.17. The second kappa shape index (κ2) is 3.57. The van der Waals surface area contributed by atoms with Gasteiger partial charge in [-0.2, -0.15) is 0 Å². The average Bonchev–Trinajstić information content (AvgIpc) is 2.56. The third-order valence-corrected chi connectivity index (χ3v) is 2.65. The lowest BCUT2D eigenvalue weighted by Gasteiger charge is -1.97. The number of nitrogens with zero attached hydrogens (tertiary/aromatic N) is 3. The van der Waals surface area contributed by atoms with Crippen LogP contribution in [0.2, 0.25) is 10.4 Å². The summed E-state index contributed by atoms with van der Waals surface area (Å²) in [6, 6.07) is 0. The molecule has 3 nitrogen and oxygen atoms in total. The van der Waals surface area contributed by atoms with E-state index in [-0.39, 0.29) is 5.28 Å². The maximum Gasteiger partial charge on any atom is 0.223 e. The van der Waals surface area contributed by atoms with Gasteiger partial charge in [0.1, 0.15) is 10.2 Å². The molecule has 0 aliphatic heterocycles. The number of thiazole rings is 1. The first-order valence-electron chi connectivity index (χ1n) is 3.35. The summed E-state index contributed by atoms with van der Waals surface area (Å²) >= 11 is 12.9. The molecule has 2 aromatic heterocycles. The Morgan fingerprint density at radius 1 is 1.23 bits per heavy atom. The first-order chi connectivity index (χ1) is 6.27. The van der Waals surface area contributed by atoms with Gasteiger partial charge in [-0.15, -0.1) is 11.3 Å². The van der Waals surface area contributed by atoms with Crippen molar-refractivity contribution in [2.24, 2.45) is 0 Å². The molecule has 0 N–H and O–H groups in total. The molecule has 0 spiro atoms. The largest absolute Gasteiger partial charge is 0.244 e. The lowest BCUT2D eigenvalue weighted by atomic mass is 10.4. The average molecular weight is 232 g/mol. The number of rotatable bonds is 1. The third kappa shape index (κ3) is 1.80. The molecule has 0 fully saturated rings. The van der Waals surface area contributed by atoms with Crippen LogP contribution in [0.25, 0.3) is 10.6 Å². The van der Waals surface area contributed by atoms with E-state index in [1.807, 2.05) is 5.38 Å². The smallest absolute Gasteiger partial charge is 0.223 e. The molecule has 2 aromatic rings. The molecule has 0 atom stereocenters. The molecule has 0 unspecified atom stereocenters. The molecule has 6 heteroatoms. The van der Waals surface area contributed by atoms with Crippen molar-refractivity contribution in [3.63, 3.8) is 0 Å². The Morgan fingerprint density at radius 2 is 2.08 bits per heavy atom. The van der Waals surface area contributed by atoms with Gasteiger partial charge in [0.15, 0.2) is 0 Å². The first-order valence-corrected chi connectivity index (χ1v) is 4.99. The predicted molar refractivity (Wildman–Crippen MR) is 53.2 cm³/mol. The molecule has 2 heterocycles. The van der Waals surface area contributed by atoms with Gasteiger partial charge in [0.2, 0.25) is 5.28 Å². The van der Waals surface area contributed by atoms with Gasteiger partial charge in [-0.25, -0.2) is 15.0 Å². The molecule has 2 rings (SSSR count). The zero-order chi connectivity index (χ0) is 9.26. The Labute approximate surface area is 88.4 Å². The van der Waals surface area contributed by atoms with Crippen LogP contribution in [0.4, 0.5) is 0 Å². The molecule has 0 saturated heterocycles. The zero-order valence-electron chi connectivity index (χ0n) is 6.24. The highest BCUT2D eigenvalue weighted by Gasteiger charge is 2.07. The summed E-state index contributed by atoms with van der Waals surface area (Å²) in [4.78, 5) is 11.7. The molecule has 0 bridgehead atoms. The molecule has 0 aliphatic carbocycles. The number of aromatic nitrogens is 3. The topological polar surface area (TPSA) is 38.7 Å². The van der Waals surface area contributed by atoms with Crippen LogP contribution in [-0.2, 0) is 0 Å². The summed E-state index contributed by atoms with van der Waals surface area (Å²) in [6.07, 6.45) is 3.27. The van der Waals surface area contributed by atoms with E-state index in [9.17, 15) is 0 Å². The summed E-state index contributed by atoms with van der Waals surface area (Å²) in [5, 5.41) is 3.13. The van der Waals surface area contributed by atoms with E-state index in [0.717, 1.165) is 5.01 Å². The van der Waals surface area contributed by atoms with E-state index >= 15 is 0 Å². The van der Waals surface area contributed by atoms with E-state index in [4.69, 9.17) is 23.2 Å². The quantitative estimate of drug-likeness (QED) is 0.560. The van der Waals surface area contributed by atoms with Gasteiger partial charge in [-0.3, -0.25) is 0 Å². The lowest BCUT2D eigenvalue weighted by Crippen LogP contribution is -1.86. The van der Waals surface area contributed by atoms with Crippen molar-refractivity contribution >= 4 is 34.5 Å². The number of hydrogen-bond donors (Lipinski definition) is 0. The molecule has 66 valence electrons. The van der Waals surface area contributed by atoms with E-state index < -0.39 is 0 Å². The van der Waals surface area contributed by atoms with Gasteiger partial charge in [0.05, 0.1) is 5.56 Å². The highest BCUT2D eigenvalue weighted by molar-refractivity contribution is 7.13. The normalized spacial score (nSPS) is 10.3. The van der Waals surface area contributed by atoms with Crippen LogP contribution in [0, 0.1) is 0 Å². The first kappa shape index (κ1) is 8.87. The van der Waals surface area contributed by atoms with Crippen molar-refractivity contribution in [3.8, 4) is 10.6 Å². The summed E-state index contributed by atoms with van der Waals surface area (Å²) in [7, 11) is 0. The zero-order valence-corrected chi connectivity index (χ0v) is 8.57. The Bertz CT molecular complexity index is 416. The summed E-state index contributed by atoms with van der Waals surface area (Å²) in [5.41, 5.74) is 0.709. The Balaban J connectivity index is 2.53. The second-order valence-electron chi connectivity index (χ2n) is 2.18. The highest BCUT2D eigenvalue weighted by atomic mass is 35.5. The van der Waals surface area contributed by atoms with Crippen molar-refractivity contribution in [2.45, 2.75) is 0 Å². The van der Waals surface area contributed by atoms with Gasteiger partial charge in [0, 0.05) is 17.8 Å². The molecule has 0 aliphatic rings. The van der Waals surface area contributed by atoms with Crippen LogP contribution in [0.15, 0.2) is 17.8 Å². The fourth-order valence-electron chi connectivity index (χ4n) is 0.841. The van der Waals surface area contributed by atoms with Gasteiger partial charge >= 0.3 is 0 Å². The highest BCUT2D eigenvalue weighted by Crippen LogP contribution is 2.27. The standard InChI is InChI=1S/C7H3Cl2N3S/c8-5-4(3-11-7(9)12-5)6-10-1-2-13-6/h1-3H. The maximum absolute atomic E-state index is 5.85. The maximum atomic E-state index is 5.85. The minimum Gasteiger partial charge on any atom is -0.244 e. The minimum absolute atomic E-state index is 0.144. The van der Waals surface area contributed by atoms with Gasteiger partial charge < -0.3 is 0 Å². The van der Waals surface area contributed by atoms with Crippen LogP contribution in [0.5, 0.6) is 0 Å². The number of hydrogen-bond acceptors (Lipinski definition) is 4. The molecule has 0 amide bonds. The molecule has 0 saturated carbocycles. The van der Waals surface area contributed by atoms with Crippen LogP contribution in [-0.4, -0.2) is 15.0 Å². The van der Waals surface area contributed by atoms with Crippen LogP contribution >= 0.6 is 34.5 Å². The fraction of sp³-hybridized carbons (Fsp3) is 0. The SMILES string of the molecule is Clc1ncc(-c2nccs2)c(Cl)n1. The Morgan fingerprint density at radius 3 is 2.69 bits per heavy atom. The van der Waals surface area contributed by atoms with Crippen LogP contribution in [0.1, 0.15) is 0 Å². The van der Waals surface area contributed by atoms with E-state index in [2.05, 4.69) is 15.0 Å². The molecule has 0 aromatic carbocycles. The van der Waals surface area contributed by atoms with E-state index in [1.165, 1.54) is 11.3 Å². The number of halogens is 2. The summed E-state index contributed by atoms with van der Waals surface area (Å²) in [6.45, 7) is 0. The Kier molecular flexibility index (Phi) is 2.44. The molecule has 13 heavy (non-hydrogen) atoms. The van der Waals surface area contributed by atoms with Crippen molar-refractivity contribution in [3.05, 3.63) is 28.2 Å². The van der Waals surface area contributed by atoms with Crippen molar-refractivity contribution < 1.29 is 0 Å². The van der Waals surface area contributed by atoms with E-state index in [0.29, 0.717) is 10.7 Å². The molecule has 0 radical (unpaired) electrons. The van der Waals surface area contributed by atoms with Crippen molar-refractivity contribution in [1.29, 1.82) is 0 Å². The predicted octanol–water partition coefficient (Wildman–Crippen LogP) is 2.91. The minimum atomic E-state index is 0.144. The molecular formula is C7H3Cl2N3S.